The SMILES string of the molecule is O=C(C=Cc1cccs1)c1ccc2c(c1)C1(c3ccccc3-c3ccccc31)c1ccccc1-2. The van der Waals surface area contributed by atoms with Crippen molar-refractivity contribution in [3.8, 4) is 22.3 Å². The summed E-state index contributed by atoms with van der Waals surface area (Å²) in [5.74, 6) is 0.0295. The van der Waals surface area contributed by atoms with Crippen molar-refractivity contribution in [1.82, 2.24) is 0 Å². The fraction of sp³-hybridized carbons (Fsp3) is 0.0312. The van der Waals surface area contributed by atoms with Gasteiger partial charge in [0.15, 0.2) is 5.78 Å². The molecule has 0 saturated carbocycles. The van der Waals surface area contributed by atoms with E-state index in [0.29, 0.717) is 0 Å². The van der Waals surface area contributed by atoms with Crippen LogP contribution in [-0.4, -0.2) is 5.78 Å². The van der Waals surface area contributed by atoms with Crippen LogP contribution in [0.5, 0.6) is 0 Å². The minimum atomic E-state index is -0.410. The van der Waals surface area contributed by atoms with Gasteiger partial charge in [0.1, 0.15) is 0 Å². The van der Waals surface area contributed by atoms with E-state index in [4.69, 9.17) is 0 Å². The van der Waals surface area contributed by atoms with Gasteiger partial charge in [-0.05, 0) is 74.2 Å². The first-order valence-electron chi connectivity index (χ1n) is 11.5. The Hall–Kier alpha value is -4.01. The van der Waals surface area contributed by atoms with Crippen molar-refractivity contribution in [2.45, 2.75) is 5.41 Å². The van der Waals surface area contributed by atoms with Crippen molar-refractivity contribution >= 4 is 23.2 Å². The van der Waals surface area contributed by atoms with Crippen molar-refractivity contribution in [3.63, 3.8) is 0 Å². The molecule has 0 bridgehead atoms. The molecule has 0 atom stereocenters. The molecule has 0 fully saturated rings. The Morgan fingerprint density at radius 2 is 1.18 bits per heavy atom. The van der Waals surface area contributed by atoms with E-state index in [1.807, 2.05) is 29.7 Å². The van der Waals surface area contributed by atoms with Crippen molar-refractivity contribution < 1.29 is 4.79 Å². The summed E-state index contributed by atoms with van der Waals surface area (Å²) >= 11 is 1.63. The fourth-order valence-electron chi connectivity index (χ4n) is 5.89. The lowest BCUT2D eigenvalue weighted by Gasteiger charge is -2.30. The third-order valence-corrected chi connectivity index (χ3v) is 8.06. The van der Waals surface area contributed by atoms with E-state index in [9.17, 15) is 4.79 Å². The zero-order chi connectivity index (χ0) is 22.7. The normalized spacial score (nSPS) is 14.1. The average molecular weight is 453 g/mol. The third kappa shape index (κ3) is 2.52. The Balaban J connectivity index is 1.50. The van der Waals surface area contributed by atoms with E-state index in [-0.39, 0.29) is 5.78 Å². The number of allylic oxidation sites excluding steroid dienone is 1. The van der Waals surface area contributed by atoms with E-state index in [2.05, 4.69) is 84.9 Å². The molecule has 1 heterocycles. The highest BCUT2D eigenvalue weighted by atomic mass is 32.1. The fourth-order valence-corrected chi connectivity index (χ4v) is 6.51. The zero-order valence-corrected chi connectivity index (χ0v) is 19.2. The second-order valence-corrected chi connectivity index (χ2v) is 9.84. The summed E-state index contributed by atoms with van der Waals surface area (Å²) in [4.78, 5) is 14.3. The molecule has 2 aliphatic carbocycles. The van der Waals surface area contributed by atoms with Crippen molar-refractivity contribution in [1.29, 1.82) is 0 Å². The van der Waals surface area contributed by atoms with Gasteiger partial charge in [0, 0.05) is 10.4 Å². The molecular weight excluding hydrogens is 432 g/mol. The van der Waals surface area contributed by atoms with E-state index in [1.165, 1.54) is 44.5 Å². The van der Waals surface area contributed by atoms with Gasteiger partial charge in [0.05, 0.1) is 5.41 Å². The van der Waals surface area contributed by atoms with Gasteiger partial charge in [-0.3, -0.25) is 4.79 Å². The molecule has 0 amide bonds. The van der Waals surface area contributed by atoms with Gasteiger partial charge in [-0.25, -0.2) is 0 Å². The molecule has 5 aromatic rings. The second kappa shape index (κ2) is 7.24. The molecule has 160 valence electrons. The van der Waals surface area contributed by atoms with Gasteiger partial charge < -0.3 is 0 Å². The van der Waals surface area contributed by atoms with Gasteiger partial charge in [0.25, 0.3) is 0 Å². The number of benzene rings is 4. The zero-order valence-electron chi connectivity index (χ0n) is 18.4. The van der Waals surface area contributed by atoms with Crippen molar-refractivity contribution in [3.05, 3.63) is 147 Å². The van der Waals surface area contributed by atoms with E-state index < -0.39 is 5.41 Å². The number of ketones is 1. The topological polar surface area (TPSA) is 17.1 Å². The molecular formula is C32H20OS. The largest absolute Gasteiger partial charge is 0.289 e. The molecule has 2 aliphatic rings. The number of hydrogen-bond acceptors (Lipinski definition) is 2. The Kier molecular flexibility index (Phi) is 4.15. The van der Waals surface area contributed by atoms with Gasteiger partial charge in [-0.2, -0.15) is 0 Å². The molecule has 0 radical (unpaired) electrons. The third-order valence-electron chi connectivity index (χ3n) is 7.22. The smallest absolute Gasteiger partial charge is 0.185 e. The highest BCUT2D eigenvalue weighted by Crippen LogP contribution is 2.62. The van der Waals surface area contributed by atoms with Crippen molar-refractivity contribution in [2.24, 2.45) is 0 Å². The van der Waals surface area contributed by atoms with Crippen LogP contribution in [0.4, 0.5) is 0 Å². The first-order chi connectivity index (χ1) is 16.8. The molecule has 0 saturated heterocycles. The number of rotatable bonds is 3. The summed E-state index contributed by atoms with van der Waals surface area (Å²) in [6.07, 6.45) is 3.60. The first kappa shape index (κ1) is 19.5. The van der Waals surface area contributed by atoms with E-state index in [0.717, 1.165) is 10.4 Å². The summed E-state index contributed by atoms with van der Waals surface area (Å²) in [5.41, 5.74) is 10.4. The summed E-state index contributed by atoms with van der Waals surface area (Å²) in [6.45, 7) is 0. The number of carbonyl (C=O) groups is 1. The number of thiophene rings is 1. The summed E-state index contributed by atoms with van der Waals surface area (Å²) in [7, 11) is 0. The van der Waals surface area contributed by atoms with Crippen LogP contribution in [0.2, 0.25) is 0 Å². The molecule has 0 N–H and O–H groups in total. The van der Waals surface area contributed by atoms with Crippen LogP contribution in [0.1, 0.15) is 37.5 Å². The summed E-state index contributed by atoms with van der Waals surface area (Å²) in [6, 6.07) is 36.4. The molecule has 1 aromatic heterocycles. The van der Waals surface area contributed by atoms with E-state index >= 15 is 0 Å². The molecule has 1 nitrogen and oxygen atoms in total. The standard InChI is InChI=1S/C32H20OS/c33-31(18-16-22-8-7-19-34-22)21-15-17-26-25-11-3-6-14-29(25)32(30(26)20-21)27-12-4-1-9-23(27)24-10-2-5-13-28(24)32/h1-20H. The second-order valence-electron chi connectivity index (χ2n) is 8.86. The van der Waals surface area contributed by atoms with Gasteiger partial charge in [0.2, 0.25) is 0 Å². The Bertz CT molecular complexity index is 1560. The van der Waals surface area contributed by atoms with Crippen LogP contribution >= 0.6 is 11.3 Å². The number of hydrogen-bond donors (Lipinski definition) is 0. The highest BCUT2D eigenvalue weighted by Gasteiger charge is 2.51. The van der Waals surface area contributed by atoms with Crippen LogP contribution in [0.25, 0.3) is 28.3 Å². The monoisotopic (exact) mass is 452 g/mol. The number of carbonyl (C=O) groups excluding carboxylic acids is 1. The lowest BCUT2D eigenvalue weighted by atomic mass is 9.70. The molecule has 0 aliphatic heterocycles. The van der Waals surface area contributed by atoms with Crippen LogP contribution < -0.4 is 0 Å². The molecule has 2 heteroatoms. The quantitative estimate of drug-likeness (QED) is 0.196. The summed E-state index contributed by atoms with van der Waals surface area (Å²) in [5, 5.41) is 2.02. The molecule has 1 spiro atoms. The molecule has 0 unspecified atom stereocenters. The van der Waals surface area contributed by atoms with Crippen LogP contribution in [0.3, 0.4) is 0 Å². The van der Waals surface area contributed by atoms with Crippen LogP contribution in [0, 0.1) is 0 Å². The first-order valence-corrected chi connectivity index (χ1v) is 12.4. The predicted octanol–water partition coefficient (Wildman–Crippen LogP) is 7.99. The lowest BCUT2D eigenvalue weighted by Crippen LogP contribution is -2.26. The van der Waals surface area contributed by atoms with E-state index in [1.54, 1.807) is 17.4 Å². The van der Waals surface area contributed by atoms with Gasteiger partial charge >= 0.3 is 0 Å². The molecule has 34 heavy (non-hydrogen) atoms. The highest BCUT2D eigenvalue weighted by molar-refractivity contribution is 7.10. The minimum Gasteiger partial charge on any atom is -0.289 e. The Morgan fingerprint density at radius 1 is 0.618 bits per heavy atom. The minimum absolute atomic E-state index is 0.0295. The predicted molar refractivity (Wildman–Crippen MR) is 140 cm³/mol. The molecule has 4 aromatic carbocycles. The van der Waals surface area contributed by atoms with Crippen LogP contribution in [0.15, 0.2) is 115 Å². The maximum atomic E-state index is 13.2. The average Bonchev–Trinajstić information content (AvgIpc) is 3.59. The Labute approximate surface area is 202 Å². The van der Waals surface area contributed by atoms with Crippen LogP contribution in [-0.2, 0) is 5.41 Å². The van der Waals surface area contributed by atoms with Crippen molar-refractivity contribution in [2.75, 3.05) is 0 Å². The van der Waals surface area contributed by atoms with Gasteiger partial charge in [-0.1, -0.05) is 91.0 Å². The molecule has 7 rings (SSSR count). The number of fused-ring (bicyclic) bond motifs is 10. The maximum absolute atomic E-state index is 13.2. The maximum Gasteiger partial charge on any atom is 0.185 e. The lowest BCUT2D eigenvalue weighted by molar-refractivity contribution is 0.104. The Morgan fingerprint density at radius 3 is 1.74 bits per heavy atom. The van der Waals surface area contributed by atoms with Gasteiger partial charge in [-0.15, -0.1) is 11.3 Å². The summed E-state index contributed by atoms with van der Waals surface area (Å²) < 4.78 is 0.